The second-order valence-electron chi connectivity index (χ2n) is 4.18. The van der Waals surface area contributed by atoms with Crippen LogP contribution in [0, 0.1) is 0 Å². The van der Waals surface area contributed by atoms with Crippen molar-refractivity contribution in [2.75, 3.05) is 39.3 Å². The highest BCUT2D eigenvalue weighted by molar-refractivity contribution is 4.77. The Hall–Kier alpha value is -0.980. The molecule has 1 N–H and O–H groups in total. The average Bonchev–Trinajstić information content (AvgIpc) is 2.88. The summed E-state index contributed by atoms with van der Waals surface area (Å²) in [4.78, 5) is 6.38. The third kappa shape index (κ3) is 4.07. The first kappa shape index (κ1) is 12.5. The molecular formula is C11H20N4O2. The standard InChI is InChI=1S/C11H20N4O2/c1-2-15-5-6-16-10(8-15)7-12-4-3-11-13-9-14-17-11/h9-10,12H,2-8H2,1H3. The Labute approximate surface area is 101 Å². The minimum Gasteiger partial charge on any atom is -0.374 e. The fourth-order valence-corrected chi connectivity index (χ4v) is 1.96. The van der Waals surface area contributed by atoms with Gasteiger partial charge in [-0.15, -0.1) is 0 Å². The van der Waals surface area contributed by atoms with Crippen LogP contribution in [-0.2, 0) is 11.2 Å². The van der Waals surface area contributed by atoms with E-state index in [0.717, 1.165) is 45.8 Å². The van der Waals surface area contributed by atoms with E-state index < -0.39 is 0 Å². The molecular weight excluding hydrogens is 220 g/mol. The van der Waals surface area contributed by atoms with Crippen molar-refractivity contribution in [3.05, 3.63) is 12.2 Å². The largest absolute Gasteiger partial charge is 0.374 e. The summed E-state index contributed by atoms with van der Waals surface area (Å²) >= 11 is 0. The van der Waals surface area contributed by atoms with Gasteiger partial charge >= 0.3 is 0 Å². The maximum absolute atomic E-state index is 5.69. The molecule has 1 unspecified atom stereocenters. The highest BCUT2D eigenvalue weighted by Gasteiger charge is 2.18. The van der Waals surface area contributed by atoms with Gasteiger partial charge in [0.05, 0.1) is 12.7 Å². The maximum Gasteiger partial charge on any atom is 0.227 e. The van der Waals surface area contributed by atoms with E-state index in [4.69, 9.17) is 9.26 Å². The molecule has 0 aromatic carbocycles. The van der Waals surface area contributed by atoms with Gasteiger partial charge in [0.25, 0.3) is 0 Å². The fraction of sp³-hybridized carbons (Fsp3) is 0.818. The molecule has 2 rings (SSSR count). The first-order chi connectivity index (χ1) is 8.38. The normalized spacial score (nSPS) is 21.8. The van der Waals surface area contributed by atoms with E-state index in [1.165, 1.54) is 6.33 Å². The van der Waals surface area contributed by atoms with Gasteiger partial charge in [0, 0.05) is 32.6 Å². The molecule has 1 atom stereocenters. The highest BCUT2D eigenvalue weighted by Crippen LogP contribution is 2.03. The molecule has 0 radical (unpaired) electrons. The van der Waals surface area contributed by atoms with E-state index in [-0.39, 0.29) is 0 Å². The molecule has 1 aromatic rings. The second-order valence-corrected chi connectivity index (χ2v) is 4.18. The van der Waals surface area contributed by atoms with Gasteiger partial charge in [-0.05, 0) is 6.54 Å². The number of nitrogens with one attached hydrogen (secondary N) is 1. The zero-order chi connectivity index (χ0) is 11.9. The minimum atomic E-state index is 0.298. The molecule has 0 amide bonds. The molecule has 2 heterocycles. The van der Waals surface area contributed by atoms with Gasteiger partial charge in [-0.25, -0.2) is 0 Å². The summed E-state index contributed by atoms with van der Waals surface area (Å²) in [5, 5.41) is 6.93. The van der Waals surface area contributed by atoms with E-state index in [0.29, 0.717) is 12.0 Å². The predicted molar refractivity (Wildman–Crippen MR) is 62.7 cm³/mol. The van der Waals surface area contributed by atoms with Crippen molar-refractivity contribution in [1.29, 1.82) is 0 Å². The van der Waals surface area contributed by atoms with Crippen LogP contribution in [0.5, 0.6) is 0 Å². The van der Waals surface area contributed by atoms with Crippen LogP contribution < -0.4 is 5.32 Å². The molecule has 1 aliphatic heterocycles. The lowest BCUT2D eigenvalue weighted by Gasteiger charge is -2.32. The maximum atomic E-state index is 5.69. The van der Waals surface area contributed by atoms with Crippen molar-refractivity contribution in [3.8, 4) is 0 Å². The number of ether oxygens (including phenoxy) is 1. The molecule has 1 aliphatic rings. The van der Waals surface area contributed by atoms with E-state index in [9.17, 15) is 0 Å². The van der Waals surface area contributed by atoms with E-state index in [2.05, 4.69) is 27.3 Å². The molecule has 0 aliphatic carbocycles. The van der Waals surface area contributed by atoms with Crippen molar-refractivity contribution < 1.29 is 9.26 Å². The van der Waals surface area contributed by atoms with Gasteiger partial charge in [0.1, 0.15) is 0 Å². The highest BCUT2D eigenvalue weighted by atomic mass is 16.5. The third-order valence-corrected chi connectivity index (χ3v) is 2.96. The number of morpholine rings is 1. The van der Waals surface area contributed by atoms with Gasteiger partial charge in [-0.2, -0.15) is 4.98 Å². The molecule has 1 fully saturated rings. The smallest absolute Gasteiger partial charge is 0.227 e. The van der Waals surface area contributed by atoms with Crippen LogP contribution in [0.2, 0.25) is 0 Å². The van der Waals surface area contributed by atoms with Crippen molar-refractivity contribution >= 4 is 0 Å². The van der Waals surface area contributed by atoms with Crippen molar-refractivity contribution in [3.63, 3.8) is 0 Å². The van der Waals surface area contributed by atoms with Gasteiger partial charge in [-0.3, -0.25) is 4.90 Å². The Bertz CT molecular complexity index is 304. The van der Waals surface area contributed by atoms with Crippen LogP contribution in [0.3, 0.4) is 0 Å². The van der Waals surface area contributed by atoms with Gasteiger partial charge in [0.2, 0.25) is 5.89 Å². The molecule has 0 bridgehead atoms. The van der Waals surface area contributed by atoms with Crippen LogP contribution in [0.1, 0.15) is 12.8 Å². The summed E-state index contributed by atoms with van der Waals surface area (Å²) in [6.45, 7) is 7.91. The Morgan fingerprint density at radius 1 is 1.59 bits per heavy atom. The molecule has 1 saturated heterocycles. The van der Waals surface area contributed by atoms with Crippen molar-refractivity contribution in [2.24, 2.45) is 0 Å². The Kier molecular flexibility index (Phi) is 4.90. The Balaban J connectivity index is 1.58. The zero-order valence-electron chi connectivity index (χ0n) is 10.3. The second kappa shape index (κ2) is 6.68. The Morgan fingerprint density at radius 2 is 2.53 bits per heavy atom. The summed E-state index contributed by atoms with van der Waals surface area (Å²) in [6, 6.07) is 0. The molecule has 6 nitrogen and oxygen atoms in total. The van der Waals surface area contributed by atoms with Crippen molar-refractivity contribution in [1.82, 2.24) is 20.4 Å². The first-order valence-electron chi connectivity index (χ1n) is 6.18. The first-order valence-corrected chi connectivity index (χ1v) is 6.18. The van der Waals surface area contributed by atoms with Gasteiger partial charge in [0.15, 0.2) is 6.33 Å². The lowest BCUT2D eigenvalue weighted by Crippen LogP contribution is -2.46. The molecule has 96 valence electrons. The third-order valence-electron chi connectivity index (χ3n) is 2.96. The zero-order valence-corrected chi connectivity index (χ0v) is 10.3. The summed E-state index contributed by atoms with van der Waals surface area (Å²) < 4.78 is 10.6. The number of hydrogen-bond acceptors (Lipinski definition) is 6. The SMILES string of the molecule is CCN1CCOC(CNCCc2ncno2)C1. The molecule has 6 heteroatoms. The average molecular weight is 240 g/mol. The lowest BCUT2D eigenvalue weighted by atomic mass is 10.2. The van der Waals surface area contributed by atoms with Gasteiger partial charge in [-0.1, -0.05) is 12.1 Å². The monoisotopic (exact) mass is 240 g/mol. The Morgan fingerprint density at radius 3 is 3.29 bits per heavy atom. The fourth-order valence-electron chi connectivity index (χ4n) is 1.96. The molecule has 17 heavy (non-hydrogen) atoms. The number of aromatic nitrogens is 2. The summed E-state index contributed by atoms with van der Waals surface area (Å²) in [5.41, 5.74) is 0. The molecule has 1 aromatic heterocycles. The predicted octanol–water partition coefficient (Wildman–Crippen LogP) is -0.0776. The van der Waals surface area contributed by atoms with Crippen LogP contribution in [-0.4, -0.2) is 60.5 Å². The van der Waals surface area contributed by atoms with E-state index in [1.54, 1.807) is 0 Å². The summed E-state index contributed by atoms with van der Waals surface area (Å²) in [6.07, 6.45) is 2.49. The minimum absolute atomic E-state index is 0.298. The molecule has 0 saturated carbocycles. The van der Waals surface area contributed by atoms with Crippen LogP contribution in [0.15, 0.2) is 10.9 Å². The van der Waals surface area contributed by atoms with Crippen LogP contribution >= 0.6 is 0 Å². The number of rotatable bonds is 6. The number of nitrogens with zero attached hydrogens (tertiary/aromatic N) is 3. The topological polar surface area (TPSA) is 63.4 Å². The quantitative estimate of drug-likeness (QED) is 0.702. The summed E-state index contributed by atoms with van der Waals surface area (Å²) in [5.74, 6) is 0.678. The summed E-state index contributed by atoms with van der Waals surface area (Å²) in [7, 11) is 0. The van der Waals surface area contributed by atoms with Crippen molar-refractivity contribution in [2.45, 2.75) is 19.4 Å². The number of hydrogen-bond donors (Lipinski definition) is 1. The number of likely N-dealkylation sites (N-methyl/N-ethyl adjacent to an activating group) is 1. The van der Waals surface area contributed by atoms with Crippen LogP contribution in [0.4, 0.5) is 0 Å². The van der Waals surface area contributed by atoms with Gasteiger partial charge < -0.3 is 14.6 Å². The van der Waals surface area contributed by atoms with E-state index in [1.807, 2.05) is 0 Å². The molecule has 0 spiro atoms. The van der Waals surface area contributed by atoms with Crippen LogP contribution in [0.25, 0.3) is 0 Å². The lowest BCUT2D eigenvalue weighted by molar-refractivity contribution is -0.0251. The van der Waals surface area contributed by atoms with E-state index >= 15 is 0 Å².